The zero-order chi connectivity index (χ0) is 9.80. The third-order valence-electron chi connectivity index (χ3n) is 2.55. The summed E-state index contributed by atoms with van der Waals surface area (Å²) in [5.74, 6) is 1.40. The molecule has 74 valence electrons. The van der Waals surface area contributed by atoms with Crippen LogP contribution < -0.4 is 0 Å². The second-order valence-electron chi connectivity index (χ2n) is 3.60. The first kappa shape index (κ1) is 9.25. The first-order chi connectivity index (χ1) is 6.90. The van der Waals surface area contributed by atoms with Gasteiger partial charge in [-0.25, -0.2) is 0 Å². The van der Waals surface area contributed by atoms with Crippen molar-refractivity contribution in [2.75, 3.05) is 13.2 Å². The first-order valence-corrected chi connectivity index (χ1v) is 5.13. The molecule has 0 amide bonds. The predicted octanol–water partition coefficient (Wildman–Crippen LogP) is 2.49. The summed E-state index contributed by atoms with van der Waals surface area (Å²) in [6.07, 6.45) is 1.14. The van der Waals surface area contributed by atoms with E-state index in [2.05, 4.69) is 11.9 Å². The molecule has 0 bridgehead atoms. The molecule has 1 aromatic rings. The Morgan fingerprint density at radius 3 is 2.71 bits per heavy atom. The van der Waals surface area contributed by atoms with Crippen LogP contribution in [0.3, 0.4) is 0 Å². The SMILES string of the molecule is CCC1CN=C(c2ccccc2)OC1. The topological polar surface area (TPSA) is 21.6 Å². The minimum Gasteiger partial charge on any atom is -0.477 e. The van der Waals surface area contributed by atoms with E-state index in [0.29, 0.717) is 5.92 Å². The van der Waals surface area contributed by atoms with Crippen molar-refractivity contribution in [3.05, 3.63) is 35.9 Å². The summed E-state index contributed by atoms with van der Waals surface area (Å²) in [4.78, 5) is 4.45. The molecule has 1 heterocycles. The molecule has 1 atom stereocenters. The molecule has 1 unspecified atom stereocenters. The van der Waals surface area contributed by atoms with Crippen LogP contribution in [0.4, 0.5) is 0 Å². The highest BCUT2D eigenvalue weighted by Crippen LogP contribution is 2.13. The van der Waals surface area contributed by atoms with Gasteiger partial charge in [-0.1, -0.05) is 25.1 Å². The number of hydrogen-bond donors (Lipinski definition) is 0. The molecule has 0 fully saturated rings. The minimum atomic E-state index is 0.600. The molecule has 2 nitrogen and oxygen atoms in total. The monoisotopic (exact) mass is 189 g/mol. The maximum atomic E-state index is 5.62. The lowest BCUT2D eigenvalue weighted by molar-refractivity contribution is 0.218. The number of benzene rings is 1. The van der Waals surface area contributed by atoms with E-state index in [4.69, 9.17) is 4.74 Å². The van der Waals surface area contributed by atoms with Crippen molar-refractivity contribution in [2.24, 2.45) is 10.9 Å². The van der Waals surface area contributed by atoms with Crippen LogP contribution >= 0.6 is 0 Å². The summed E-state index contributed by atoms with van der Waals surface area (Å²) in [5, 5.41) is 0. The Morgan fingerprint density at radius 2 is 2.14 bits per heavy atom. The molecule has 0 aromatic heterocycles. The molecule has 1 aliphatic rings. The summed E-state index contributed by atoms with van der Waals surface area (Å²) < 4.78 is 5.62. The number of hydrogen-bond acceptors (Lipinski definition) is 2. The van der Waals surface area contributed by atoms with E-state index in [1.165, 1.54) is 0 Å². The fourth-order valence-corrected chi connectivity index (χ4v) is 1.51. The molecule has 14 heavy (non-hydrogen) atoms. The summed E-state index contributed by atoms with van der Waals surface area (Å²) >= 11 is 0. The molecule has 0 radical (unpaired) electrons. The van der Waals surface area contributed by atoms with Gasteiger partial charge in [0.2, 0.25) is 5.90 Å². The van der Waals surface area contributed by atoms with Gasteiger partial charge in [0.1, 0.15) is 0 Å². The van der Waals surface area contributed by atoms with Crippen LogP contribution in [0, 0.1) is 5.92 Å². The zero-order valence-corrected chi connectivity index (χ0v) is 8.44. The van der Waals surface area contributed by atoms with Crippen molar-refractivity contribution in [3.8, 4) is 0 Å². The van der Waals surface area contributed by atoms with E-state index in [9.17, 15) is 0 Å². The van der Waals surface area contributed by atoms with Crippen molar-refractivity contribution in [3.63, 3.8) is 0 Å². The predicted molar refractivity (Wildman–Crippen MR) is 57.6 cm³/mol. The van der Waals surface area contributed by atoms with E-state index >= 15 is 0 Å². The first-order valence-electron chi connectivity index (χ1n) is 5.13. The minimum absolute atomic E-state index is 0.600. The van der Waals surface area contributed by atoms with E-state index in [1.807, 2.05) is 30.3 Å². The smallest absolute Gasteiger partial charge is 0.216 e. The maximum absolute atomic E-state index is 5.62. The van der Waals surface area contributed by atoms with Crippen molar-refractivity contribution < 1.29 is 4.74 Å². The van der Waals surface area contributed by atoms with E-state index in [-0.39, 0.29) is 0 Å². The quantitative estimate of drug-likeness (QED) is 0.700. The number of nitrogens with zero attached hydrogens (tertiary/aromatic N) is 1. The van der Waals surface area contributed by atoms with Crippen LogP contribution in [-0.4, -0.2) is 19.0 Å². The van der Waals surface area contributed by atoms with Crippen LogP contribution in [0.1, 0.15) is 18.9 Å². The van der Waals surface area contributed by atoms with E-state index in [1.54, 1.807) is 0 Å². The van der Waals surface area contributed by atoms with Gasteiger partial charge in [-0.2, -0.15) is 0 Å². The molecule has 2 heteroatoms. The van der Waals surface area contributed by atoms with Crippen LogP contribution in [0.2, 0.25) is 0 Å². The second-order valence-corrected chi connectivity index (χ2v) is 3.60. The van der Waals surface area contributed by atoms with E-state index < -0.39 is 0 Å². The average molecular weight is 189 g/mol. The Hall–Kier alpha value is -1.31. The number of rotatable bonds is 2. The summed E-state index contributed by atoms with van der Waals surface area (Å²) in [7, 11) is 0. The van der Waals surface area contributed by atoms with Crippen molar-refractivity contribution in [1.29, 1.82) is 0 Å². The van der Waals surface area contributed by atoms with E-state index in [0.717, 1.165) is 31.0 Å². The van der Waals surface area contributed by atoms with Crippen molar-refractivity contribution >= 4 is 5.90 Å². The highest BCUT2D eigenvalue weighted by Gasteiger charge is 2.15. The third-order valence-corrected chi connectivity index (χ3v) is 2.55. The molecule has 0 N–H and O–H groups in total. The Bertz CT molecular complexity index is 318. The van der Waals surface area contributed by atoms with Crippen LogP contribution in [0.15, 0.2) is 35.3 Å². The molecule has 1 aliphatic heterocycles. The van der Waals surface area contributed by atoms with Gasteiger partial charge in [-0.05, 0) is 18.6 Å². The largest absolute Gasteiger partial charge is 0.477 e. The molecular formula is C12H15NO. The Kier molecular flexibility index (Phi) is 2.82. The fraction of sp³-hybridized carbons (Fsp3) is 0.417. The van der Waals surface area contributed by atoms with Crippen molar-refractivity contribution in [2.45, 2.75) is 13.3 Å². The number of aliphatic imine (C=N–C) groups is 1. The Balaban J connectivity index is 2.11. The van der Waals surface area contributed by atoms with Gasteiger partial charge >= 0.3 is 0 Å². The van der Waals surface area contributed by atoms with Gasteiger partial charge in [0, 0.05) is 18.0 Å². The fourth-order valence-electron chi connectivity index (χ4n) is 1.51. The van der Waals surface area contributed by atoms with Gasteiger partial charge in [0.25, 0.3) is 0 Å². The lowest BCUT2D eigenvalue weighted by Crippen LogP contribution is -2.23. The highest BCUT2D eigenvalue weighted by molar-refractivity contribution is 5.94. The summed E-state index contributed by atoms with van der Waals surface area (Å²) in [5.41, 5.74) is 1.09. The van der Waals surface area contributed by atoms with Gasteiger partial charge in [-0.3, -0.25) is 4.99 Å². The standard InChI is InChI=1S/C12H15NO/c1-2-10-8-13-12(14-9-10)11-6-4-3-5-7-11/h3-7,10H,2,8-9H2,1H3. The van der Waals surface area contributed by atoms with Gasteiger partial charge in [0.05, 0.1) is 6.61 Å². The maximum Gasteiger partial charge on any atom is 0.216 e. The normalized spacial score (nSPS) is 21.2. The van der Waals surface area contributed by atoms with Gasteiger partial charge in [0.15, 0.2) is 0 Å². The molecule has 1 aromatic carbocycles. The van der Waals surface area contributed by atoms with Gasteiger partial charge in [-0.15, -0.1) is 0 Å². The molecule has 0 saturated heterocycles. The highest BCUT2D eigenvalue weighted by atomic mass is 16.5. The zero-order valence-electron chi connectivity index (χ0n) is 8.44. The lowest BCUT2D eigenvalue weighted by atomic mass is 10.1. The van der Waals surface area contributed by atoms with Gasteiger partial charge < -0.3 is 4.74 Å². The second kappa shape index (κ2) is 4.27. The average Bonchev–Trinajstić information content (AvgIpc) is 2.30. The third kappa shape index (κ3) is 1.95. The summed E-state index contributed by atoms with van der Waals surface area (Å²) in [6.45, 7) is 3.89. The summed E-state index contributed by atoms with van der Waals surface area (Å²) in [6, 6.07) is 10.1. The molecule has 0 spiro atoms. The van der Waals surface area contributed by atoms with Crippen LogP contribution in [-0.2, 0) is 4.74 Å². The van der Waals surface area contributed by atoms with Crippen LogP contribution in [0.25, 0.3) is 0 Å². The molecule has 2 rings (SSSR count). The molecule has 0 saturated carbocycles. The lowest BCUT2D eigenvalue weighted by Gasteiger charge is -2.20. The molecule has 0 aliphatic carbocycles. The number of ether oxygens (including phenoxy) is 1. The molecular weight excluding hydrogens is 174 g/mol. The Morgan fingerprint density at radius 1 is 1.36 bits per heavy atom. The Labute approximate surface area is 84.6 Å². The van der Waals surface area contributed by atoms with Crippen molar-refractivity contribution in [1.82, 2.24) is 0 Å². The van der Waals surface area contributed by atoms with Crippen LogP contribution in [0.5, 0.6) is 0 Å².